The SMILES string of the molecule is CC(N)COc1cnn(CCC2CCCCN2C)c(=O)c1. The maximum absolute atomic E-state index is 12.0. The number of nitrogens with two attached hydrogens (primary N) is 1. The first-order valence-electron chi connectivity index (χ1n) is 7.72. The molecule has 1 aromatic rings. The summed E-state index contributed by atoms with van der Waals surface area (Å²) in [7, 11) is 2.16. The van der Waals surface area contributed by atoms with Gasteiger partial charge < -0.3 is 15.4 Å². The molecule has 0 aromatic carbocycles. The number of hydrogen-bond acceptors (Lipinski definition) is 5. The van der Waals surface area contributed by atoms with Crippen molar-refractivity contribution in [3.05, 3.63) is 22.6 Å². The molecule has 0 aliphatic carbocycles. The summed E-state index contributed by atoms with van der Waals surface area (Å²) in [6, 6.07) is 1.98. The van der Waals surface area contributed by atoms with Crippen molar-refractivity contribution in [1.82, 2.24) is 14.7 Å². The highest BCUT2D eigenvalue weighted by molar-refractivity contribution is 5.13. The molecule has 2 N–H and O–H groups in total. The molecule has 21 heavy (non-hydrogen) atoms. The van der Waals surface area contributed by atoms with Crippen molar-refractivity contribution >= 4 is 0 Å². The molecule has 2 rings (SSSR count). The number of nitrogens with zero attached hydrogens (tertiary/aromatic N) is 3. The van der Waals surface area contributed by atoms with E-state index in [-0.39, 0.29) is 11.6 Å². The molecule has 118 valence electrons. The van der Waals surface area contributed by atoms with Crippen LogP contribution in [0.5, 0.6) is 5.75 Å². The van der Waals surface area contributed by atoms with Crippen LogP contribution in [-0.4, -0.2) is 47.0 Å². The largest absolute Gasteiger partial charge is 0.490 e. The Hall–Kier alpha value is -1.40. The third-order valence-corrected chi connectivity index (χ3v) is 3.95. The maximum atomic E-state index is 12.0. The summed E-state index contributed by atoms with van der Waals surface area (Å²) in [6.07, 6.45) is 6.32. The Balaban J connectivity index is 1.90. The van der Waals surface area contributed by atoms with Gasteiger partial charge in [0.25, 0.3) is 5.56 Å². The monoisotopic (exact) mass is 294 g/mol. The molecule has 1 saturated heterocycles. The Kier molecular flexibility index (Phi) is 5.76. The lowest BCUT2D eigenvalue weighted by molar-refractivity contribution is 0.169. The molecule has 0 bridgehead atoms. The minimum Gasteiger partial charge on any atom is -0.490 e. The number of rotatable bonds is 6. The second-order valence-corrected chi connectivity index (χ2v) is 5.96. The van der Waals surface area contributed by atoms with Crippen molar-refractivity contribution in [3.63, 3.8) is 0 Å². The van der Waals surface area contributed by atoms with E-state index < -0.39 is 0 Å². The quantitative estimate of drug-likeness (QED) is 0.842. The van der Waals surface area contributed by atoms with Crippen LogP contribution in [0.15, 0.2) is 17.1 Å². The normalized spacial score (nSPS) is 21.2. The lowest BCUT2D eigenvalue weighted by atomic mass is 10.0. The molecule has 2 atom stereocenters. The third kappa shape index (κ3) is 4.82. The van der Waals surface area contributed by atoms with Gasteiger partial charge in [-0.1, -0.05) is 6.42 Å². The van der Waals surface area contributed by atoms with Crippen LogP contribution in [0.3, 0.4) is 0 Å². The van der Waals surface area contributed by atoms with Crippen molar-refractivity contribution in [1.29, 1.82) is 0 Å². The Morgan fingerprint density at radius 2 is 2.33 bits per heavy atom. The van der Waals surface area contributed by atoms with Crippen LogP contribution in [0.25, 0.3) is 0 Å². The molecule has 6 heteroatoms. The van der Waals surface area contributed by atoms with Crippen LogP contribution in [0, 0.1) is 0 Å². The fourth-order valence-electron chi connectivity index (χ4n) is 2.67. The van der Waals surface area contributed by atoms with Crippen LogP contribution in [-0.2, 0) is 6.54 Å². The first kappa shape index (κ1) is 16.0. The van der Waals surface area contributed by atoms with Gasteiger partial charge in [0.15, 0.2) is 0 Å². The van der Waals surface area contributed by atoms with E-state index in [1.165, 1.54) is 30.0 Å². The summed E-state index contributed by atoms with van der Waals surface area (Å²) in [5.41, 5.74) is 5.50. The fourth-order valence-corrected chi connectivity index (χ4v) is 2.67. The predicted molar refractivity (Wildman–Crippen MR) is 82.5 cm³/mol. The molecule has 0 radical (unpaired) electrons. The summed E-state index contributed by atoms with van der Waals surface area (Å²) >= 11 is 0. The van der Waals surface area contributed by atoms with E-state index in [4.69, 9.17) is 10.5 Å². The lowest BCUT2D eigenvalue weighted by Gasteiger charge is -2.32. The first-order valence-corrected chi connectivity index (χ1v) is 7.72. The average molecular weight is 294 g/mol. The molecule has 2 heterocycles. The molecular formula is C15H26N4O2. The van der Waals surface area contributed by atoms with Gasteiger partial charge in [0.05, 0.1) is 6.20 Å². The highest BCUT2D eigenvalue weighted by Gasteiger charge is 2.18. The van der Waals surface area contributed by atoms with E-state index in [1.807, 2.05) is 6.92 Å². The lowest BCUT2D eigenvalue weighted by Crippen LogP contribution is -2.37. The van der Waals surface area contributed by atoms with Crippen LogP contribution >= 0.6 is 0 Å². The van der Waals surface area contributed by atoms with E-state index >= 15 is 0 Å². The first-order chi connectivity index (χ1) is 10.1. The number of ether oxygens (including phenoxy) is 1. The summed E-state index contributed by atoms with van der Waals surface area (Å²) in [6.45, 7) is 4.05. The summed E-state index contributed by atoms with van der Waals surface area (Å²) in [4.78, 5) is 14.4. The van der Waals surface area contributed by atoms with Gasteiger partial charge in [-0.15, -0.1) is 0 Å². The van der Waals surface area contributed by atoms with Crippen LogP contribution in [0.4, 0.5) is 0 Å². The summed E-state index contributed by atoms with van der Waals surface area (Å²) in [5, 5.41) is 4.19. The second-order valence-electron chi connectivity index (χ2n) is 5.96. The molecule has 0 spiro atoms. The molecule has 2 unspecified atom stereocenters. The molecule has 1 aliphatic rings. The van der Waals surface area contributed by atoms with Gasteiger partial charge in [0.2, 0.25) is 0 Å². The molecule has 0 saturated carbocycles. The van der Waals surface area contributed by atoms with Gasteiger partial charge in [-0.3, -0.25) is 4.79 Å². The van der Waals surface area contributed by atoms with E-state index in [0.29, 0.717) is 24.9 Å². The smallest absolute Gasteiger partial charge is 0.270 e. The molecule has 1 aliphatic heterocycles. The van der Waals surface area contributed by atoms with Gasteiger partial charge in [-0.2, -0.15) is 5.10 Å². The fraction of sp³-hybridized carbons (Fsp3) is 0.733. The minimum atomic E-state index is -0.115. The van der Waals surface area contributed by atoms with Gasteiger partial charge in [0, 0.05) is 24.7 Å². The standard InChI is InChI=1S/C15H26N4O2/c1-12(16)11-21-14-9-15(20)19(17-10-14)8-6-13-5-3-4-7-18(13)2/h9-10,12-13H,3-8,11,16H2,1-2H3. The predicted octanol–water partition coefficient (Wildman–Crippen LogP) is 0.844. The molecule has 1 aromatic heterocycles. The number of likely N-dealkylation sites (tertiary alicyclic amines) is 1. The second kappa shape index (κ2) is 7.56. The van der Waals surface area contributed by atoms with Crippen molar-refractivity contribution in [2.75, 3.05) is 20.2 Å². The van der Waals surface area contributed by atoms with E-state index in [1.54, 1.807) is 6.20 Å². The molecule has 1 fully saturated rings. The molecular weight excluding hydrogens is 268 g/mol. The third-order valence-electron chi connectivity index (χ3n) is 3.95. The van der Waals surface area contributed by atoms with Crippen molar-refractivity contribution in [2.45, 2.75) is 51.2 Å². The van der Waals surface area contributed by atoms with E-state index in [2.05, 4.69) is 17.0 Å². The van der Waals surface area contributed by atoms with Gasteiger partial charge in [-0.05, 0) is 39.8 Å². The van der Waals surface area contributed by atoms with Gasteiger partial charge in [0.1, 0.15) is 12.4 Å². The zero-order valence-electron chi connectivity index (χ0n) is 13.0. The van der Waals surface area contributed by atoms with Gasteiger partial charge >= 0.3 is 0 Å². The highest BCUT2D eigenvalue weighted by atomic mass is 16.5. The maximum Gasteiger partial charge on any atom is 0.270 e. The Morgan fingerprint density at radius 3 is 3.00 bits per heavy atom. The number of aromatic nitrogens is 2. The Bertz CT molecular complexity index is 501. The number of hydrogen-bond donors (Lipinski definition) is 1. The zero-order chi connectivity index (χ0) is 15.2. The van der Waals surface area contributed by atoms with E-state index in [9.17, 15) is 4.79 Å². The van der Waals surface area contributed by atoms with Crippen molar-refractivity contribution in [2.24, 2.45) is 5.73 Å². The van der Waals surface area contributed by atoms with Gasteiger partial charge in [-0.25, -0.2) is 4.68 Å². The molecule has 0 amide bonds. The molecule has 6 nitrogen and oxygen atoms in total. The average Bonchev–Trinajstić information content (AvgIpc) is 2.45. The number of piperidine rings is 1. The minimum absolute atomic E-state index is 0.0609. The van der Waals surface area contributed by atoms with Crippen molar-refractivity contribution in [3.8, 4) is 5.75 Å². The Labute approximate surface area is 125 Å². The topological polar surface area (TPSA) is 73.4 Å². The van der Waals surface area contributed by atoms with Crippen molar-refractivity contribution < 1.29 is 4.74 Å². The van der Waals surface area contributed by atoms with Crippen LogP contribution in [0.1, 0.15) is 32.6 Å². The zero-order valence-corrected chi connectivity index (χ0v) is 13.0. The highest BCUT2D eigenvalue weighted by Crippen LogP contribution is 2.18. The van der Waals surface area contributed by atoms with Crippen LogP contribution in [0.2, 0.25) is 0 Å². The summed E-state index contributed by atoms with van der Waals surface area (Å²) < 4.78 is 6.92. The summed E-state index contributed by atoms with van der Waals surface area (Å²) in [5.74, 6) is 0.489. The number of aryl methyl sites for hydroxylation is 1. The Morgan fingerprint density at radius 1 is 1.52 bits per heavy atom. The van der Waals surface area contributed by atoms with E-state index in [0.717, 1.165) is 13.0 Å². The van der Waals surface area contributed by atoms with Crippen LogP contribution < -0.4 is 16.0 Å².